The first-order valence-corrected chi connectivity index (χ1v) is 9.27. The zero-order valence-electron chi connectivity index (χ0n) is 16.2. The summed E-state index contributed by atoms with van der Waals surface area (Å²) < 4.78 is 15.9. The first-order valence-electron chi connectivity index (χ1n) is 9.27. The number of carbonyl (C=O) groups is 1. The normalized spacial score (nSPS) is 11.0. The number of pyridine rings is 1. The summed E-state index contributed by atoms with van der Waals surface area (Å²) in [7, 11) is 0. The van der Waals surface area contributed by atoms with E-state index in [2.05, 4.69) is 15.1 Å². The van der Waals surface area contributed by atoms with E-state index >= 15 is 0 Å². The van der Waals surface area contributed by atoms with Crippen molar-refractivity contribution in [1.29, 1.82) is 0 Å². The summed E-state index contributed by atoms with van der Waals surface area (Å²) >= 11 is 0. The number of amides is 1. The molecule has 0 radical (unpaired) electrons. The highest BCUT2D eigenvalue weighted by molar-refractivity contribution is 5.99. The average Bonchev–Trinajstić information content (AvgIpc) is 3.13. The number of aromatic nitrogens is 4. The van der Waals surface area contributed by atoms with E-state index in [1.807, 2.05) is 38.1 Å². The monoisotopic (exact) mass is 389 g/mol. The van der Waals surface area contributed by atoms with Crippen molar-refractivity contribution in [2.24, 2.45) is 0 Å². The lowest BCUT2D eigenvalue weighted by Crippen LogP contribution is -2.31. The zero-order chi connectivity index (χ0) is 20.4. The Hall–Kier alpha value is -3.61. The van der Waals surface area contributed by atoms with E-state index in [4.69, 9.17) is 0 Å². The Morgan fingerprint density at radius 1 is 1.10 bits per heavy atom. The Bertz CT molecular complexity index is 1170. The lowest BCUT2D eigenvalue weighted by Gasteiger charge is -2.22. The van der Waals surface area contributed by atoms with Gasteiger partial charge in [-0.05, 0) is 38.1 Å². The van der Waals surface area contributed by atoms with Gasteiger partial charge in [-0.2, -0.15) is 5.10 Å². The van der Waals surface area contributed by atoms with Crippen LogP contribution in [0.25, 0.3) is 5.65 Å². The van der Waals surface area contributed by atoms with Crippen molar-refractivity contribution in [3.63, 3.8) is 0 Å². The van der Waals surface area contributed by atoms with Crippen LogP contribution < -0.4 is 0 Å². The van der Waals surface area contributed by atoms with Gasteiger partial charge in [-0.3, -0.25) is 9.78 Å². The van der Waals surface area contributed by atoms with Gasteiger partial charge >= 0.3 is 0 Å². The number of halogens is 1. The minimum Gasteiger partial charge on any atom is -0.328 e. The van der Waals surface area contributed by atoms with E-state index < -0.39 is 0 Å². The summed E-state index contributed by atoms with van der Waals surface area (Å²) in [6, 6.07) is 13.9. The minimum atomic E-state index is -0.351. The van der Waals surface area contributed by atoms with Crippen LogP contribution in [0.15, 0.2) is 60.9 Å². The van der Waals surface area contributed by atoms with Crippen LogP contribution in [0.4, 0.5) is 4.39 Å². The van der Waals surface area contributed by atoms with Gasteiger partial charge in [-0.25, -0.2) is 13.9 Å². The fraction of sp³-hybridized carbons (Fsp3) is 0.182. The van der Waals surface area contributed by atoms with Crippen molar-refractivity contribution in [3.05, 3.63) is 95.0 Å². The molecule has 0 spiro atoms. The Morgan fingerprint density at radius 2 is 1.90 bits per heavy atom. The molecule has 4 rings (SSSR count). The third kappa shape index (κ3) is 3.85. The molecule has 0 aliphatic carbocycles. The first kappa shape index (κ1) is 18.7. The fourth-order valence-electron chi connectivity index (χ4n) is 3.31. The number of carbonyl (C=O) groups excluding carboxylic acids is 1. The van der Waals surface area contributed by atoms with Crippen molar-refractivity contribution in [2.45, 2.75) is 26.9 Å². The molecule has 0 atom stereocenters. The molecular weight excluding hydrogens is 369 g/mol. The van der Waals surface area contributed by atoms with Crippen LogP contribution in [0.3, 0.4) is 0 Å². The molecule has 0 saturated carbocycles. The molecule has 0 aliphatic heterocycles. The minimum absolute atomic E-state index is 0.115. The highest BCUT2D eigenvalue weighted by Crippen LogP contribution is 2.19. The summed E-state index contributed by atoms with van der Waals surface area (Å²) in [4.78, 5) is 23.8. The SMILES string of the molecule is Cc1cc(C)n2ncc(C(=O)N(Cc3ccccn3)Cc3ccccc3F)c2n1. The summed E-state index contributed by atoms with van der Waals surface area (Å²) in [6.07, 6.45) is 3.19. The van der Waals surface area contributed by atoms with E-state index in [1.54, 1.807) is 33.8 Å². The van der Waals surface area contributed by atoms with Gasteiger partial charge in [0, 0.05) is 29.7 Å². The quantitative estimate of drug-likeness (QED) is 0.522. The predicted octanol–water partition coefficient (Wildman–Crippen LogP) is 3.72. The second-order valence-electron chi connectivity index (χ2n) is 6.91. The average molecular weight is 389 g/mol. The number of hydrogen-bond donors (Lipinski definition) is 0. The molecule has 4 aromatic rings. The van der Waals surface area contributed by atoms with Crippen molar-refractivity contribution in [1.82, 2.24) is 24.5 Å². The van der Waals surface area contributed by atoms with Crippen molar-refractivity contribution < 1.29 is 9.18 Å². The second kappa shape index (κ2) is 7.79. The van der Waals surface area contributed by atoms with Gasteiger partial charge in [0.05, 0.1) is 18.4 Å². The van der Waals surface area contributed by atoms with E-state index in [0.29, 0.717) is 22.5 Å². The molecule has 0 fully saturated rings. The van der Waals surface area contributed by atoms with Crippen LogP contribution in [0, 0.1) is 19.7 Å². The molecule has 29 heavy (non-hydrogen) atoms. The van der Waals surface area contributed by atoms with Crippen LogP contribution in [-0.2, 0) is 13.1 Å². The van der Waals surface area contributed by atoms with E-state index in [0.717, 1.165) is 11.4 Å². The largest absolute Gasteiger partial charge is 0.328 e. The molecule has 0 saturated heterocycles. The number of rotatable bonds is 5. The molecule has 0 N–H and O–H groups in total. The molecule has 3 heterocycles. The fourth-order valence-corrected chi connectivity index (χ4v) is 3.31. The molecule has 3 aromatic heterocycles. The molecule has 7 heteroatoms. The third-order valence-electron chi connectivity index (χ3n) is 4.69. The number of fused-ring (bicyclic) bond motifs is 1. The maximum atomic E-state index is 14.3. The molecule has 146 valence electrons. The predicted molar refractivity (Wildman–Crippen MR) is 107 cm³/mol. The standard InChI is InChI=1S/C22H20FN5O/c1-15-11-16(2)28-21(26-15)19(12-25-28)22(29)27(14-18-8-5-6-10-24-18)13-17-7-3-4-9-20(17)23/h3-12H,13-14H2,1-2H3. The Kier molecular flexibility index (Phi) is 5.03. The smallest absolute Gasteiger partial charge is 0.259 e. The van der Waals surface area contributed by atoms with Crippen LogP contribution in [0.5, 0.6) is 0 Å². The maximum absolute atomic E-state index is 14.3. The molecular formula is C22H20FN5O. The van der Waals surface area contributed by atoms with Crippen molar-refractivity contribution >= 4 is 11.6 Å². The zero-order valence-corrected chi connectivity index (χ0v) is 16.2. The second-order valence-corrected chi connectivity index (χ2v) is 6.91. The Labute approximate surface area is 167 Å². The van der Waals surface area contributed by atoms with Crippen LogP contribution >= 0.6 is 0 Å². The van der Waals surface area contributed by atoms with Gasteiger partial charge < -0.3 is 4.90 Å². The topological polar surface area (TPSA) is 63.4 Å². The molecule has 0 unspecified atom stereocenters. The van der Waals surface area contributed by atoms with E-state index in [9.17, 15) is 9.18 Å². The molecule has 0 aliphatic rings. The number of aryl methyl sites for hydroxylation is 2. The van der Waals surface area contributed by atoms with Crippen molar-refractivity contribution in [2.75, 3.05) is 0 Å². The molecule has 1 amide bonds. The number of benzene rings is 1. The van der Waals surface area contributed by atoms with Crippen molar-refractivity contribution in [3.8, 4) is 0 Å². The summed E-state index contributed by atoms with van der Waals surface area (Å²) in [6.45, 7) is 4.15. The maximum Gasteiger partial charge on any atom is 0.259 e. The van der Waals surface area contributed by atoms with Gasteiger partial charge in [0.25, 0.3) is 5.91 Å². The summed E-state index contributed by atoms with van der Waals surface area (Å²) in [5.74, 6) is -0.623. The first-order chi connectivity index (χ1) is 14.0. The Balaban J connectivity index is 1.74. The Morgan fingerprint density at radius 3 is 2.66 bits per heavy atom. The summed E-state index contributed by atoms with van der Waals surface area (Å²) in [5.41, 5.74) is 3.71. The third-order valence-corrected chi connectivity index (χ3v) is 4.69. The van der Waals surface area contributed by atoms with Gasteiger partial charge in [-0.1, -0.05) is 24.3 Å². The van der Waals surface area contributed by atoms with Crippen LogP contribution in [0.2, 0.25) is 0 Å². The highest BCUT2D eigenvalue weighted by Gasteiger charge is 2.23. The lowest BCUT2D eigenvalue weighted by molar-refractivity contribution is 0.0728. The summed E-state index contributed by atoms with van der Waals surface area (Å²) in [5, 5.41) is 4.31. The van der Waals surface area contributed by atoms with Gasteiger partial charge in [-0.15, -0.1) is 0 Å². The van der Waals surface area contributed by atoms with E-state index in [-0.39, 0.29) is 24.8 Å². The highest BCUT2D eigenvalue weighted by atomic mass is 19.1. The van der Waals surface area contributed by atoms with E-state index in [1.165, 1.54) is 12.3 Å². The van der Waals surface area contributed by atoms with Gasteiger partial charge in [0.15, 0.2) is 5.65 Å². The van der Waals surface area contributed by atoms with Gasteiger partial charge in [0.1, 0.15) is 11.4 Å². The lowest BCUT2D eigenvalue weighted by atomic mass is 10.1. The number of hydrogen-bond acceptors (Lipinski definition) is 4. The van der Waals surface area contributed by atoms with Crippen LogP contribution in [-0.4, -0.2) is 30.4 Å². The van der Waals surface area contributed by atoms with Gasteiger partial charge in [0.2, 0.25) is 0 Å². The molecule has 6 nitrogen and oxygen atoms in total. The number of nitrogens with zero attached hydrogens (tertiary/aromatic N) is 5. The molecule has 0 bridgehead atoms. The molecule has 1 aromatic carbocycles. The van der Waals surface area contributed by atoms with Crippen LogP contribution in [0.1, 0.15) is 33.0 Å².